The Labute approximate surface area is 170 Å². The van der Waals surface area contributed by atoms with E-state index in [1.54, 1.807) is 0 Å². The van der Waals surface area contributed by atoms with Crippen LogP contribution in [0.5, 0.6) is 0 Å². The highest BCUT2D eigenvalue weighted by Crippen LogP contribution is 2.28. The minimum absolute atomic E-state index is 0.00249. The molecule has 0 amide bonds. The van der Waals surface area contributed by atoms with Gasteiger partial charge in [-0.2, -0.15) is 0 Å². The Bertz CT molecular complexity index is 956. The number of piperidine rings is 1. The normalized spacial score (nSPS) is 19.1. The van der Waals surface area contributed by atoms with Gasteiger partial charge in [0.05, 0.1) is 12.7 Å². The molecule has 4 rings (SSSR count). The van der Waals surface area contributed by atoms with Crippen LogP contribution in [-0.2, 0) is 11.3 Å². The van der Waals surface area contributed by atoms with E-state index in [2.05, 4.69) is 5.32 Å². The second-order valence-corrected chi connectivity index (χ2v) is 7.40. The molecule has 1 N–H and O–H groups in total. The number of benzene rings is 3. The van der Waals surface area contributed by atoms with Crippen LogP contribution in [0.3, 0.4) is 0 Å². The third-order valence-corrected chi connectivity index (χ3v) is 5.41. The van der Waals surface area contributed by atoms with Crippen molar-refractivity contribution in [3.63, 3.8) is 0 Å². The molecule has 4 heteroatoms. The first-order chi connectivity index (χ1) is 14.2. The van der Waals surface area contributed by atoms with Gasteiger partial charge in [-0.1, -0.05) is 60.7 Å². The number of carbonyl (C=O) groups is 1. The molecule has 1 saturated heterocycles. The summed E-state index contributed by atoms with van der Waals surface area (Å²) in [6, 6.07) is 23.6. The number of hydrogen-bond donors (Lipinski definition) is 1. The second-order valence-electron chi connectivity index (χ2n) is 7.40. The van der Waals surface area contributed by atoms with Gasteiger partial charge >= 0.3 is 0 Å². The molecule has 29 heavy (non-hydrogen) atoms. The van der Waals surface area contributed by atoms with Crippen LogP contribution in [0, 0.1) is 5.82 Å². The Hall–Kier alpha value is -2.82. The number of halogens is 1. The molecule has 1 aliphatic heterocycles. The summed E-state index contributed by atoms with van der Waals surface area (Å²) in [6.07, 6.45) is 0.950. The molecule has 1 fully saturated rings. The van der Waals surface area contributed by atoms with Crippen LogP contribution in [-0.4, -0.2) is 25.0 Å². The van der Waals surface area contributed by atoms with E-state index in [-0.39, 0.29) is 23.6 Å². The standard InChI is InChI=1S/C25H24FNO2/c26-22-11-9-19(10-12-22)23-13-14-27-16-24(23)29-17-18-5-4-8-21(15-18)25(28)20-6-2-1-3-7-20/h1-12,15,23-24,27H,13-14,16-17H2. The lowest BCUT2D eigenvalue weighted by Gasteiger charge is -2.32. The van der Waals surface area contributed by atoms with Gasteiger partial charge in [-0.05, 0) is 42.3 Å². The van der Waals surface area contributed by atoms with E-state index in [4.69, 9.17) is 4.74 Å². The Morgan fingerprint density at radius 2 is 1.72 bits per heavy atom. The predicted molar refractivity (Wildman–Crippen MR) is 112 cm³/mol. The maximum absolute atomic E-state index is 13.3. The molecule has 2 unspecified atom stereocenters. The van der Waals surface area contributed by atoms with E-state index >= 15 is 0 Å². The number of hydrogen-bond acceptors (Lipinski definition) is 3. The van der Waals surface area contributed by atoms with E-state index in [9.17, 15) is 9.18 Å². The summed E-state index contributed by atoms with van der Waals surface area (Å²) in [5.41, 5.74) is 3.41. The summed E-state index contributed by atoms with van der Waals surface area (Å²) < 4.78 is 19.5. The van der Waals surface area contributed by atoms with E-state index in [0.29, 0.717) is 17.7 Å². The number of ether oxygens (including phenoxy) is 1. The van der Waals surface area contributed by atoms with Crippen molar-refractivity contribution in [2.75, 3.05) is 13.1 Å². The zero-order valence-electron chi connectivity index (χ0n) is 16.2. The van der Waals surface area contributed by atoms with E-state index in [1.165, 1.54) is 12.1 Å². The molecule has 0 saturated carbocycles. The quantitative estimate of drug-likeness (QED) is 0.620. The van der Waals surface area contributed by atoms with Crippen molar-refractivity contribution in [3.05, 3.63) is 107 Å². The van der Waals surface area contributed by atoms with E-state index < -0.39 is 0 Å². The van der Waals surface area contributed by atoms with Crippen molar-refractivity contribution in [3.8, 4) is 0 Å². The second kappa shape index (κ2) is 9.12. The molecule has 1 aliphatic rings. The highest BCUT2D eigenvalue weighted by molar-refractivity contribution is 6.09. The number of ketones is 1. The van der Waals surface area contributed by atoms with Crippen molar-refractivity contribution < 1.29 is 13.9 Å². The molecule has 3 aromatic rings. The molecule has 0 radical (unpaired) electrons. The van der Waals surface area contributed by atoms with Crippen molar-refractivity contribution in [1.82, 2.24) is 5.32 Å². The first-order valence-corrected chi connectivity index (χ1v) is 9.97. The van der Waals surface area contributed by atoms with Crippen molar-refractivity contribution in [2.24, 2.45) is 0 Å². The fourth-order valence-corrected chi connectivity index (χ4v) is 3.86. The van der Waals surface area contributed by atoms with Crippen LogP contribution in [0.1, 0.15) is 39.4 Å². The Kier molecular flexibility index (Phi) is 6.13. The summed E-state index contributed by atoms with van der Waals surface area (Å²) in [6.45, 7) is 2.10. The van der Waals surface area contributed by atoms with Gasteiger partial charge < -0.3 is 10.1 Å². The van der Waals surface area contributed by atoms with Gasteiger partial charge in [0, 0.05) is 23.6 Å². The van der Waals surface area contributed by atoms with E-state index in [1.807, 2.05) is 66.7 Å². The third-order valence-electron chi connectivity index (χ3n) is 5.41. The third kappa shape index (κ3) is 4.78. The molecule has 3 aromatic carbocycles. The highest BCUT2D eigenvalue weighted by atomic mass is 19.1. The maximum Gasteiger partial charge on any atom is 0.193 e. The predicted octanol–water partition coefficient (Wildman–Crippen LogP) is 4.72. The van der Waals surface area contributed by atoms with Crippen LogP contribution in [0.2, 0.25) is 0 Å². The zero-order chi connectivity index (χ0) is 20.1. The largest absolute Gasteiger partial charge is 0.372 e. The molecular formula is C25H24FNO2. The van der Waals surface area contributed by atoms with Gasteiger partial charge in [-0.3, -0.25) is 4.79 Å². The lowest BCUT2D eigenvalue weighted by atomic mass is 9.88. The molecule has 0 spiro atoms. The minimum atomic E-state index is -0.222. The molecule has 0 aliphatic carbocycles. The zero-order valence-corrected chi connectivity index (χ0v) is 16.2. The lowest BCUT2D eigenvalue weighted by molar-refractivity contribution is 0.0106. The van der Waals surface area contributed by atoms with Crippen LogP contribution in [0.15, 0.2) is 78.9 Å². The van der Waals surface area contributed by atoms with Crippen LogP contribution >= 0.6 is 0 Å². The smallest absolute Gasteiger partial charge is 0.193 e. The summed E-state index contributed by atoms with van der Waals surface area (Å²) in [7, 11) is 0. The van der Waals surface area contributed by atoms with Crippen molar-refractivity contribution >= 4 is 5.78 Å². The molecule has 148 valence electrons. The lowest BCUT2D eigenvalue weighted by Crippen LogP contribution is -2.40. The average Bonchev–Trinajstić information content (AvgIpc) is 2.79. The maximum atomic E-state index is 13.3. The number of rotatable bonds is 6. The van der Waals surface area contributed by atoms with E-state index in [0.717, 1.165) is 30.6 Å². The molecule has 1 heterocycles. The van der Waals surface area contributed by atoms with Gasteiger partial charge in [0.1, 0.15) is 5.82 Å². The Balaban J connectivity index is 1.45. The monoisotopic (exact) mass is 389 g/mol. The molecular weight excluding hydrogens is 365 g/mol. The molecule has 0 bridgehead atoms. The summed E-state index contributed by atoms with van der Waals surface area (Å²) in [4.78, 5) is 12.7. The topological polar surface area (TPSA) is 38.3 Å². The number of carbonyl (C=O) groups excluding carboxylic acids is 1. The molecule has 0 aromatic heterocycles. The fourth-order valence-electron chi connectivity index (χ4n) is 3.86. The SMILES string of the molecule is O=C(c1ccccc1)c1cccc(COC2CNCCC2c2ccc(F)cc2)c1. The van der Waals surface area contributed by atoms with Gasteiger partial charge in [0.2, 0.25) is 0 Å². The fraction of sp³-hybridized carbons (Fsp3) is 0.240. The summed E-state index contributed by atoms with van der Waals surface area (Å²) >= 11 is 0. The summed E-state index contributed by atoms with van der Waals surface area (Å²) in [5.74, 6) is 0.0157. The van der Waals surface area contributed by atoms with Crippen LogP contribution in [0.25, 0.3) is 0 Å². The Morgan fingerprint density at radius 1 is 0.966 bits per heavy atom. The molecule has 2 atom stereocenters. The minimum Gasteiger partial charge on any atom is -0.372 e. The first kappa shape index (κ1) is 19.5. The van der Waals surface area contributed by atoms with Crippen LogP contribution < -0.4 is 5.32 Å². The first-order valence-electron chi connectivity index (χ1n) is 9.97. The summed E-state index contributed by atoms with van der Waals surface area (Å²) in [5, 5.41) is 3.38. The van der Waals surface area contributed by atoms with Crippen molar-refractivity contribution in [1.29, 1.82) is 0 Å². The average molecular weight is 389 g/mol. The molecule has 3 nitrogen and oxygen atoms in total. The van der Waals surface area contributed by atoms with Gasteiger partial charge in [-0.15, -0.1) is 0 Å². The highest BCUT2D eigenvalue weighted by Gasteiger charge is 2.27. The van der Waals surface area contributed by atoms with Gasteiger partial charge in [0.15, 0.2) is 5.78 Å². The van der Waals surface area contributed by atoms with Crippen molar-refractivity contribution in [2.45, 2.75) is 25.0 Å². The van der Waals surface area contributed by atoms with Crippen LogP contribution in [0.4, 0.5) is 4.39 Å². The Morgan fingerprint density at radius 3 is 2.52 bits per heavy atom. The van der Waals surface area contributed by atoms with Gasteiger partial charge in [-0.25, -0.2) is 4.39 Å². The number of nitrogens with one attached hydrogen (secondary N) is 1. The van der Waals surface area contributed by atoms with Gasteiger partial charge in [0.25, 0.3) is 0 Å².